The summed E-state index contributed by atoms with van der Waals surface area (Å²) in [5.41, 5.74) is 7.89. The van der Waals surface area contributed by atoms with E-state index in [0.717, 1.165) is 11.3 Å². The standard InChI is InChI=1S/C15H24N2O/c1-10(2)9-13(16)15(18)17-14-8-6-5-7-12(14)11(3)4/h5-8,10-11,13H,9,16H2,1-4H3,(H,17,18)/t13-/m0/s1. The Bertz CT molecular complexity index is 399. The quantitative estimate of drug-likeness (QED) is 0.841. The Morgan fingerprint density at radius 1 is 1.22 bits per heavy atom. The number of para-hydroxylation sites is 1. The zero-order valence-corrected chi connectivity index (χ0v) is 11.7. The van der Waals surface area contributed by atoms with Crippen LogP contribution in [0.3, 0.4) is 0 Å². The van der Waals surface area contributed by atoms with Gasteiger partial charge in [0.15, 0.2) is 0 Å². The number of anilines is 1. The van der Waals surface area contributed by atoms with E-state index in [2.05, 4.69) is 33.0 Å². The van der Waals surface area contributed by atoms with E-state index < -0.39 is 6.04 Å². The lowest BCUT2D eigenvalue weighted by Gasteiger charge is -2.17. The topological polar surface area (TPSA) is 55.1 Å². The molecule has 3 heteroatoms. The molecule has 3 nitrogen and oxygen atoms in total. The fourth-order valence-electron chi connectivity index (χ4n) is 1.95. The van der Waals surface area contributed by atoms with Crippen molar-refractivity contribution in [1.29, 1.82) is 0 Å². The molecular formula is C15H24N2O. The Morgan fingerprint density at radius 2 is 1.83 bits per heavy atom. The van der Waals surface area contributed by atoms with Gasteiger partial charge in [-0.05, 0) is 29.9 Å². The number of hydrogen-bond donors (Lipinski definition) is 2. The first-order chi connectivity index (χ1) is 8.41. The van der Waals surface area contributed by atoms with Gasteiger partial charge in [0.2, 0.25) is 5.91 Å². The molecule has 0 aromatic heterocycles. The smallest absolute Gasteiger partial charge is 0.241 e. The van der Waals surface area contributed by atoms with E-state index in [9.17, 15) is 4.79 Å². The van der Waals surface area contributed by atoms with Gasteiger partial charge in [-0.3, -0.25) is 4.79 Å². The molecule has 100 valence electrons. The minimum Gasteiger partial charge on any atom is -0.324 e. The molecule has 0 saturated heterocycles. The summed E-state index contributed by atoms with van der Waals surface area (Å²) in [5, 5.41) is 2.93. The van der Waals surface area contributed by atoms with Crippen LogP contribution in [0.5, 0.6) is 0 Å². The van der Waals surface area contributed by atoms with Crippen LogP contribution in [0.15, 0.2) is 24.3 Å². The average Bonchev–Trinajstić information content (AvgIpc) is 2.28. The minimum atomic E-state index is -0.440. The normalized spacial score (nSPS) is 12.8. The third-order valence-electron chi connectivity index (χ3n) is 2.90. The lowest BCUT2D eigenvalue weighted by Crippen LogP contribution is -2.36. The summed E-state index contributed by atoms with van der Waals surface area (Å²) < 4.78 is 0. The van der Waals surface area contributed by atoms with Crippen LogP contribution in [0, 0.1) is 5.92 Å². The fourth-order valence-corrected chi connectivity index (χ4v) is 1.95. The van der Waals surface area contributed by atoms with E-state index in [0.29, 0.717) is 18.3 Å². The van der Waals surface area contributed by atoms with Gasteiger partial charge in [0.05, 0.1) is 6.04 Å². The van der Waals surface area contributed by atoms with Crippen LogP contribution in [-0.2, 0) is 4.79 Å². The molecule has 0 spiro atoms. The van der Waals surface area contributed by atoms with Crippen molar-refractivity contribution in [2.45, 2.75) is 46.1 Å². The van der Waals surface area contributed by atoms with Crippen LogP contribution in [-0.4, -0.2) is 11.9 Å². The van der Waals surface area contributed by atoms with Gasteiger partial charge < -0.3 is 11.1 Å². The summed E-state index contributed by atoms with van der Waals surface area (Å²) >= 11 is 0. The molecule has 1 amide bonds. The molecular weight excluding hydrogens is 224 g/mol. The zero-order valence-electron chi connectivity index (χ0n) is 11.7. The maximum atomic E-state index is 12.0. The van der Waals surface area contributed by atoms with Crippen molar-refractivity contribution in [3.63, 3.8) is 0 Å². The Balaban J connectivity index is 2.75. The van der Waals surface area contributed by atoms with Gasteiger partial charge in [0, 0.05) is 5.69 Å². The molecule has 0 unspecified atom stereocenters. The summed E-state index contributed by atoms with van der Waals surface area (Å²) in [6, 6.07) is 7.43. The van der Waals surface area contributed by atoms with Gasteiger partial charge in [-0.1, -0.05) is 45.9 Å². The molecule has 1 aromatic rings. The van der Waals surface area contributed by atoms with Crippen molar-refractivity contribution in [1.82, 2.24) is 0 Å². The van der Waals surface area contributed by atoms with Gasteiger partial charge in [-0.15, -0.1) is 0 Å². The number of hydrogen-bond acceptors (Lipinski definition) is 2. The maximum absolute atomic E-state index is 12.0. The van der Waals surface area contributed by atoms with E-state index in [1.807, 2.05) is 24.3 Å². The lowest BCUT2D eigenvalue weighted by molar-refractivity contribution is -0.117. The van der Waals surface area contributed by atoms with Crippen LogP contribution in [0.4, 0.5) is 5.69 Å². The molecule has 18 heavy (non-hydrogen) atoms. The zero-order chi connectivity index (χ0) is 13.7. The molecule has 1 rings (SSSR count). The molecule has 0 fully saturated rings. The Labute approximate surface area is 110 Å². The third kappa shape index (κ3) is 4.15. The maximum Gasteiger partial charge on any atom is 0.241 e. The number of benzene rings is 1. The predicted octanol–water partition coefficient (Wildman–Crippen LogP) is 3.12. The first-order valence-corrected chi connectivity index (χ1v) is 6.57. The van der Waals surface area contributed by atoms with E-state index in [4.69, 9.17) is 5.73 Å². The van der Waals surface area contributed by atoms with E-state index in [1.54, 1.807) is 0 Å². The second-order valence-corrected chi connectivity index (χ2v) is 5.47. The number of nitrogens with two attached hydrogens (primary N) is 1. The molecule has 0 aliphatic rings. The molecule has 0 radical (unpaired) electrons. The summed E-state index contributed by atoms with van der Waals surface area (Å²) in [7, 11) is 0. The van der Waals surface area contributed by atoms with E-state index in [-0.39, 0.29) is 5.91 Å². The van der Waals surface area contributed by atoms with Gasteiger partial charge in [-0.2, -0.15) is 0 Å². The van der Waals surface area contributed by atoms with Gasteiger partial charge in [-0.25, -0.2) is 0 Å². The van der Waals surface area contributed by atoms with Crippen LogP contribution >= 0.6 is 0 Å². The van der Waals surface area contributed by atoms with Gasteiger partial charge in [0.25, 0.3) is 0 Å². The molecule has 3 N–H and O–H groups in total. The highest BCUT2D eigenvalue weighted by molar-refractivity contribution is 5.95. The Morgan fingerprint density at radius 3 is 2.39 bits per heavy atom. The molecule has 1 aromatic carbocycles. The summed E-state index contributed by atoms with van der Waals surface area (Å²) in [6.07, 6.45) is 0.704. The summed E-state index contributed by atoms with van der Waals surface area (Å²) in [4.78, 5) is 12.0. The summed E-state index contributed by atoms with van der Waals surface area (Å²) in [6.45, 7) is 8.35. The summed E-state index contributed by atoms with van der Waals surface area (Å²) in [5.74, 6) is 0.700. The molecule has 0 saturated carbocycles. The highest BCUT2D eigenvalue weighted by Gasteiger charge is 2.16. The fraction of sp³-hybridized carbons (Fsp3) is 0.533. The Hall–Kier alpha value is -1.35. The number of amides is 1. The van der Waals surface area contributed by atoms with Crippen LogP contribution in [0.1, 0.15) is 45.6 Å². The Kier molecular flexibility index (Phi) is 5.35. The predicted molar refractivity (Wildman–Crippen MR) is 76.6 cm³/mol. The van der Waals surface area contributed by atoms with Crippen LogP contribution in [0.2, 0.25) is 0 Å². The SMILES string of the molecule is CC(C)C[C@H](N)C(=O)Nc1ccccc1C(C)C. The van der Waals surface area contributed by atoms with Crippen molar-refractivity contribution >= 4 is 11.6 Å². The van der Waals surface area contributed by atoms with Gasteiger partial charge >= 0.3 is 0 Å². The monoisotopic (exact) mass is 248 g/mol. The van der Waals surface area contributed by atoms with E-state index in [1.165, 1.54) is 0 Å². The third-order valence-corrected chi connectivity index (χ3v) is 2.90. The first kappa shape index (κ1) is 14.7. The number of rotatable bonds is 5. The van der Waals surface area contributed by atoms with Crippen molar-refractivity contribution in [2.75, 3.05) is 5.32 Å². The highest BCUT2D eigenvalue weighted by atomic mass is 16.2. The molecule has 0 aliphatic carbocycles. The number of nitrogens with one attached hydrogen (secondary N) is 1. The van der Waals surface area contributed by atoms with Gasteiger partial charge in [0.1, 0.15) is 0 Å². The average molecular weight is 248 g/mol. The van der Waals surface area contributed by atoms with Crippen LogP contribution < -0.4 is 11.1 Å². The lowest BCUT2D eigenvalue weighted by atomic mass is 10.00. The molecule has 0 bridgehead atoms. The van der Waals surface area contributed by atoms with Crippen molar-refractivity contribution < 1.29 is 4.79 Å². The van der Waals surface area contributed by atoms with Crippen molar-refractivity contribution in [3.8, 4) is 0 Å². The van der Waals surface area contributed by atoms with Crippen LogP contribution in [0.25, 0.3) is 0 Å². The molecule has 1 atom stereocenters. The second-order valence-electron chi connectivity index (χ2n) is 5.47. The van der Waals surface area contributed by atoms with Crippen molar-refractivity contribution in [2.24, 2.45) is 11.7 Å². The number of carbonyl (C=O) groups is 1. The van der Waals surface area contributed by atoms with E-state index >= 15 is 0 Å². The largest absolute Gasteiger partial charge is 0.324 e. The molecule has 0 aliphatic heterocycles. The first-order valence-electron chi connectivity index (χ1n) is 6.57. The highest BCUT2D eigenvalue weighted by Crippen LogP contribution is 2.23. The minimum absolute atomic E-state index is 0.100. The number of carbonyl (C=O) groups excluding carboxylic acids is 1. The van der Waals surface area contributed by atoms with Crippen molar-refractivity contribution in [3.05, 3.63) is 29.8 Å². The second kappa shape index (κ2) is 6.55. The molecule has 0 heterocycles.